The van der Waals surface area contributed by atoms with Crippen LogP contribution in [0.5, 0.6) is 0 Å². The normalized spacial score (nSPS) is 26.9. The van der Waals surface area contributed by atoms with E-state index >= 15 is 0 Å². The molecule has 4 heterocycles. The Hall–Kier alpha value is -4.16. The van der Waals surface area contributed by atoms with Crippen LogP contribution in [0.4, 0.5) is 22.7 Å². The summed E-state index contributed by atoms with van der Waals surface area (Å²) in [5, 5.41) is 15.3. The number of rotatable bonds is 12. The fourth-order valence-corrected chi connectivity index (χ4v) is 13.2. The molecular formula is C53H80N6O6. The number of carbonyl (C=O) groups is 4. The van der Waals surface area contributed by atoms with Gasteiger partial charge in [-0.2, -0.15) is 0 Å². The number of hydrogen-bond donors (Lipinski definition) is 3. The Balaban J connectivity index is 0.000000194. The lowest BCUT2D eigenvalue weighted by molar-refractivity contribution is -0.138. The zero-order chi connectivity index (χ0) is 45.7. The predicted molar refractivity (Wildman–Crippen MR) is 261 cm³/mol. The van der Waals surface area contributed by atoms with Crippen LogP contribution in [0.25, 0.3) is 0 Å². The summed E-state index contributed by atoms with van der Waals surface area (Å²) < 4.78 is 4.78. The number of ether oxygens (including phenoxy) is 1. The Morgan fingerprint density at radius 3 is 1.22 bits per heavy atom. The van der Waals surface area contributed by atoms with Gasteiger partial charge in [0.15, 0.2) is 0 Å². The van der Waals surface area contributed by atoms with E-state index in [9.17, 15) is 19.2 Å². The van der Waals surface area contributed by atoms with Gasteiger partial charge in [0.25, 0.3) is 0 Å². The highest BCUT2D eigenvalue weighted by Crippen LogP contribution is 2.44. The second-order valence-electron chi connectivity index (χ2n) is 20.1. The highest BCUT2D eigenvalue weighted by atomic mass is 16.5. The molecule has 2 amide bonds. The highest BCUT2D eigenvalue weighted by Gasteiger charge is 2.45. The molecule has 0 aromatic heterocycles. The van der Waals surface area contributed by atoms with E-state index in [1.54, 1.807) is 13.8 Å². The second-order valence-corrected chi connectivity index (χ2v) is 20.1. The number of carbonyl (C=O) groups excluding carboxylic acids is 3. The van der Waals surface area contributed by atoms with Gasteiger partial charge in [0.2, 0.25) is 11.8 Å². The van der Waals surface area contributed by atoms with Crippen LogP contribution in [-0.4, -0.2) is 107 Å². The molecule has 2 saturated carbocycles. The molecule has 2 aromatic rings. The number of benzene rings is 2. The van der Waals surface area contributed by atoms with Crippen molar-refractivity contribution in [2.75, 3.05) is 40.6 Å². The molecule has 12 nitrogen and oxygen atoms in total. The largest absolute Gasteiger partial charge is 0.480 e. The van der Waals surface area contributed by atoms with Gasteiger partial charge in [-0.1, -0.05) is 101 Å². The molecule has 8 rings (SSSR count). The van der Waals surface area contributed by atoms with Gasteiger partial charge in [-0.15, -0.1) is 0 Å². The van der Waals surface area contributed by atoms with Crippen molar-refractivity contribution < 1.29 is 29.0 Å². The maximum atomic E-state index is 13.0. The predicted octanol–water partition coefficient (Wildman–Crippen LogP) is 10.2. The first kappa shape index (κ1) is 48.8. The Labute approximate surface area is 389 Å². The van der Waals surface area contributed by atoms with Crippen molar-refractivity contribution in [2.24, 2.45) is 0 Å². The molecule has 2 aromatic carbocycles. The quantitative estimate of drug-likeness (QED) is 0.177. The zero-order valence-corrected chi connectivity index (χ0v) is 39.9. The molecule has 2 aliphatic carbocycles. The van der Waals surface area contributed by atoms with E-state index in [4.69, 9.17) is 9.84 Å². The zero-order valence-electron chi connectivity index (χ0n) is 39.9. The second kappa shape index (κ2) is 24.0. The van der Waals surface area contributed by atoms with E-state index < -0.39 is 5.97 Å². The van der Waals surface area contributed by atoms with Crippen LogP contribution >= 0.6 is 0 Å². The number of carboxylic acid groups (broad SMARTS) is 1. The van der Waals surface area contributed by atoms with Crippen LogP contribution in [0.1, 0.15) is 168 Å². The minimum absolute atomic E-state index is 0.0389. The molecule has 358 valence electrons. The van der Waals surface area contributed by atoms with E-state index in [0.29, 0.717) is 30.2 Å². The lowest BCUT2D eigenvalue weighted by Gasteiger charge is -2.54. The fourth-order valence-electron chi connectivity index (χ4n) is 13.2. The third kappa shape index (κ3) is 12.6. The molecule has 4 bridgehead atoms. The molecule has 6 fully saturated rings. The smallest absolute Gasteiger partial charge is 0.325 e. The summed E-state index contributed by atoms with van der Waals surface area (Å²) >= 11 is 0. The molecular weight excluding hydrogens is 817 g/mol. The summed E-state index contributed by atoms with van der Waals surface area (Å²) in [7, 11) is 1.39. The number of esters is 1. The topological polar surface area (TPSA) is 135 Å². The molecule has 0 spiro atoms. The van der Waals surface area contributed by atoms with Crippen molar-refractivity contribution in [2.45, 2.75) is 216 Å². The van der Waals surface area contributed by atoms with E-state index in [1.807, 2.05) is 58.3 Å². The lowest BCUT2D eigenvalue weighted by atomic mass is 9.78. The van der Waals surface area contributed by atoms with E-state index in [0.717, 1.165) is 54.5 Å². The molecule has 6 atom stereocenters. The molecule has 0 radical (unpaired) electrons. The Morgan fingerprint density at radius 2 is 0.862 bits per heavy atom. The van der Waals surface area contributed by atoms with Crippen molar-refractivity contribution >= 4 is 46.5 Å². The van der Waals surface area contributed by atoms with Crippen molar-refractivity contribution in [3.8, 4) is 0 Å². The number of fused-ring (bicyclic) bond motifs is 4. The fraction of sp³-hybridized carbons (Fsp3) is 0.698. The summed E-state index contributed by atoms with van der Waals surface area (Å²) in [5.41, 5.74) is 3.21. The van der Waals surface area contributed by atoms with E-state index in [1.165, 1.54) is 136 Å². The van der Waals surface area contributed by atoms with Crippen molar-refractivity contribution in [1.82, 2.24) is 9.80 Å². The van der Waals surface area contributed by atoms with Gasteiger partial charge < -0.3 is 30.3 Å². The summed E-state index contributed by atoms with van der Waals surface area (Å²) in [5.74, 6) is -1.11. The number of anilines is 4. The number of para-hydroxylation sites is 4. The molecule has 2 unspecified atom stereocenters. The molecule has 6 aliphatic rings. The van der Waals surface area contributed by atoms with Crippen LogP contribution in [-0.2, 0) is 23.9 Å². The average molecular weight is 897 g/mol. The monoisotopic (exact) mass is 897 g/mol. The number of amides is 2. The minimum Gasteiger partial charge on any atom is -0.480 e. The van der Waals surface area contributed by atoms with Gasteiger partial charge in [-0.25, -0.2) is 0 Å². The molecule has 3 N–H and O–H groups in total. The number of aliphatic carboxylic acids is 1. The lowest BCUT2D eigenvalue weighted by Crippen LogP contribution is -2.60. The summed E-state index contributed by atoms with van der Waals surface area (Å²) in [6, 6.07) is 19.5. The number of carboxylic acids is 1. The summed E-state index contributed by atoms with van der Waals surface area (Å²) in [6.07, 6.45) is 30.8. The van der Waals surface area contributed by atoms with Crippen LogP contribution in [0.3, 0.4) is 0 Å². The highest BCUT2D eigenvalue weighted by molar-refractivity contribution is 5.97. The van der Waals surface area contributed by atoms with Crippen LogP contribution in [0, 0.1) is 0 Å². The molecule has 12 heteroatoms. The van der Waals surface area contributed by atoms with Gasteiger partial charge in [-0.3, -0.25) is 29.0 Å². The van der Waals surface area contributed by atoms with Gasteiger partial charge >= 0.3 is 11.9 Å². The number of nitrogens with one attached hydrogen (secondary N) is 2. The third-order valence-corrected chi connectivity index (χ3v) is 15.8. The molecule has 4 aliphatic heterocycles. The van der Waals surface area contributed by atoms with Gasteiger partial charge in [0, 0.05) is 62.2 Å². The Kier molecular flexibility index (Phi) is 18.0. The Morgan fingerprint density at radius 1 is 0.523 bits per heavy atom. The summed E-state index contributed by atoms with van der Waals surface area (Å²) in [6.45, 7) is 3.25. The number of nitrogens with zero attached hydrogens (tertiary/aromatic N) is 4. The first-order valence-electron chi connectivity index (χ1n) is 25.7. The first-order valence-corrected chi connectivity index (χ1v) is 25.7. The number of methoxy groups -OCH3 is 1. The van der Waals surface area contributed by atoms with Crippen LogP contribution < -0.4 is 20.4 Å². The SMILES string of the molecule is CC(=O)N(c1ccccc1NCC(=O)O)C1C[C@H]2CCC[C@@H](C1)N2C1CCCCCCC1.COC(=O)CNc1ccccc1N(C(C)=O)C1C[C@H]2CCC[C@@H](C1)N2C1CCCCCCC1. The molecule has 4 saturated heterocycles. The van der Waals surface area contributed by atoms with Crippen LogP contribution in [0.2, 0.25) is 0 Å². The van der Waals surface area contributed by atoms with E-state index in [-0.39, 0.29) is 43.0 Å². The molecule has 65 heavy (non-hydrogen) atoms. The van der Waals surface area contributed by atoms with E-state index in [2.05, 4.69) is 20.4 Å². The summed E-state index contributed by atoms with van der Waals surface area (Å²) in [4.78, 5) is 58.4. The number of piperidine rings is 4. The Bertz CT molecular complexity index is 1830. The average Bonchev–Trinajstić information content (AvgIpc) is 3.25. The van der Waals surface area contributed by atoms with Crippen molar-refractivity contribution in [1.29, 1.82) is 0 Å². The van der Waals surface area contributed by atoms with Crippen molar-refractivity contribution in [3.63, 3.8) is 0 Å². The van der Waals surface area contributed by atoms with Gasteiger partial charge in [0.05, 0.1) is 29.9 Å². The van der Waals surface area contributed by atoms with Crippen molar-refractivity contribution in [3.05, 3.63) is 48.5 Å². The first-order chi connectivity index (χ1) is 31.6. The maximum absolute atomic E-state index is 13.0. The maximum Gasteiger partial charge on any atom is 0.325 e. The third-order valence-electron chi connectivity index (χ3n) is 15.8. The minimum atomic E-state index is -0.906. The standard InChI is InChI=1S/C27H41N3O3.C26H39N3O3/c1-20(31)29(26-16-9-8-15-25(26)28-19-27(32)33-2)24-17-22-13-10-14-23(18-24)30(22)21-11-6-4-3-5-7-12-21;1-19(30)28(25-15-8-7-14-24(25)27-18-26(31)32)23-16-21-12-9-13-22(17-23)29(21)20-10-5-3-2-4-6-11-20/h8-9,15-16,21-24,28H,3-7,10-14,17-19H2,1-2H3;7-8,14-15,20-23,27H,2-6,9-13,16-18H2,1H3,(H,31,32)/t22-,23+,24?;21-,22+,23?. The van der Waals surface area contributed by atoms with Crippen LogP contribution in [0.15, 0.2) is 48.5 Å². The van der Waals surface area contributed by atoms with Gasteiger partial charge in [0.1, 0.15) is 13.1 Å². The number of hydrogen-bond acceptors (Lipinski definition) is 9. The van der Waals surface area contributed by atoms with Gasteiger partial charge in [-0.05, 0) is 101 Å².